The lowest BCUT2D eigenvalue weighted by Gasteiger charge is -2.11. The second-order valence-corrected chi connectivity index (χ2v) is 5.59. The van der Waals surface area contributed by atoms with E-state index >= 15 is 0 Å². The number of hydrogen-bond donors (Lipinski definition) is 1. The van der Waals surface area contributed by atoms with E-state index in [1.807, 2.05) is 0 Å². The minimum Gasteiger partial charge on any atom is -0.492 e. The van der Waals surface area contributed by atoms with Gasteiger partial charge in [0, 0.05) is 0 Å². The molecule has 4 heteroatoms. The largest absolute Gasteiger partial charge is 0.492 e. The molecule has 3 nitrogen and oxygen atoms in total. The summed E-state index contributed by atoms with van der Waals surface area (Å²) in [7, 11) is 0. The number of aromatic carboxylic acids is 1. The normalized spacial score (nSPS) is 15.8. The third-order valence-electron chi connectivity index (χ3n) is 3.44. The van der Waals surface area contributed by atoms with E-state index in [2.05, 4.69) is 15.9 Å². The first-order chi connectivity index (χ1) is 8.66. The highest BCUT2D eigenvalue weighted by atomic mass is 79.9. The SMILES string of the molecule is O=C(O)c1ccc(OCCC2CCCC2)c(Br)c1. The molecule has 0 amide bonds. The Hall–Kier alpha value is -1.03. The summed E-state index contributed by atoms with van der Waals surface area (Å²) in [6.07, 6.45) is 6.43. The van der Waals surface area contributed by atoms with Crippen LogP contribution in [0.15, 0.2) is 22.7 Å². The van der Waals surface area contributed by atoms with Gasteiger partial charge >= 0.3 is 5.97 Å². The van der Waals surface area contributed by atoms with Gasteiger partial charge in [0.05, 0.1) is 16.6 Å². The van der Waals surface area contributed by atoms with E-state index in [0.29, 0.717) is 11.1 Å². The molecule has 0 radical (unpaired) electrons. The Balaban J connectivity index is 1.87. The van der Waals surface area contributed by atoms with Gasteiger partial charge < -0.3 is 9.84 Å². The van der Waals surface area contributed by atoms with E-state index in [9.17, 15) is 4.79 Å². The fraction of sp³-hybridized carbons (Fsp3) is 0.500. The molecule has 1 aliphatic carbocycles. The number of carboxylic acids is 1. The van der Waals surface area contributed by atoms with E-state index in [1.54, 1.807) is 18.2 Å². The first-order valence-electron chi connectivity index (χ1n) is 6.32. The van der Waals surface area contributed by atoms with Crippen molar-refractivity contribution in [3.63, 3.8) is 0 Å². The van der Waals surface area contributed by atoms with Crippen molar-refractivity contribution in [3.8, 4) is 5.75 Å². The highest BCUT2D eigenvalue weighted by Gasteiger charge is 2.15. The predicted octanol–water partition coefficient (Wildman–Crippen LogP) is 4.11. The van der Waals surface area contributed by atoms with Gasteiger partial charge in [-0.3, -0.25) is 0 Å². The third kappa shape index (κ3) is 3.48. The first-order valence-corrected chi connectivity index (χ1v) is 7.12. The zero-order valence-electron chi connectivity index (χ0n) is 10.2. The predicted molar refractivity (Wildman–Crippen MR) is 73.2 cm³/mol. The number of rotatable bonds is 5. The number of carboxylic acid groups (broad SMARTS) is 1. The second-order valence-electron chi connectivity index (χ2n) is 4.74. The van der Waals surface area contributed by atoms with Crippen LogP contribution in [-0.2, 0) is 0 Å². The summed E-state index contributed by atoms with van der Waals surface area (Å²) in [5, 5.41) is 8.86. The van der Waals surface area contributed by atoms with Crippen molar-refractivity contribution >= 4 is 21.9 Å². The van der Waals surface area contributed by atoms with Crippen LogP contribution in [0.25, 0.3) is 0 Å². The number of ether oxygens (including phenoxy) is 1. The molecule has 1 aromatic carbocycles. The van der Waals surface area contributed by atoms with E-state index in [-0.39, 0.29) is 5.56 Å². The fourth-order valence-electron chi connectivity index (χ4n) is 2.39. The van der Waals surface area contributed by atoms with Crippen LogP contribution in [0.1, 0.15) is 42.5 Å². The van der Waals surface area contributed by atoms with Crippen molar-refractivity contribution in [1.29, 1.82) is 0 Å². The Morgan fingerprint density at radius 2 is 2.11 bits per heavy atom. The molecular weight excluding hydrogens is 296 g/mol. The number of benzene rings is 1. The quantitative estimate of drug-likeness (QED) is 0.890. The van der Waals surface area contributed by atoms with Crippen molar-refractivity contribution in [2.45, 2.75) is 32.1 Å². The average molecular weight is 313 g/mol. The summed E-state index contributed by atoms with van der Waals surface area (Å²) in [4.78, 5) is 10.8. The van der Waals surface area contributed by atoms with Crippen molar-refractivity contribution in [2.75, 3.05) is 6.61 Å². The van der Waals surface area contributed by atoms with E-state index in [4.69, 9.17) is 9.84 Å². The van der Waals surface area contributed by atoms with Gasteiger partial charge in [-0.15, -0.1) is 0 Å². The average Bonchev–Trinajstić information content (AvgIpc) is 2.84. The molecule has 0 saturated heterocycles. The van der Waals surface area contributed by atoms with Crippen LogP contribution in [0, 0.1) is 5.92 Å². The molecule has 0 aromatic heterocycles. The highest BCUT2D eigenvalue weighted by Crippen LogP contribution is 2.29. The number of halogens is 1. The van der Waals surface area contributed by atoms with Crippen LogP contribution in [-0.4, -0.2) is 17.7 Å². The summed E-state index contributed by atoms with van der Waals surface area (Å²) < 4.78 is 6.40. The molecule has 18 heavy (non-hydrogen) atoms. The lowest BCUT2D eigenvalue weighted by Crippen LogP contribution is -2.04. The molecule has 0 aliphatic heterocycles. The minimum atomic E-state index is -0.923. The lowest BCUT2D eigenvalue weighted by atomic mass is 10.1. The summed E-state index contributed by atoms with van der Waals surface area (Å²) in [6.45, 7) is 0.704. The molecule has 0 spiro atoms. The number of carbonyl (C=O) groups is 1. The first kappa shape index (κ1) is 13.4. The molecule has 2 rings (SSSR count). The monoisotopic (exact) mass is 312 g/mol. The Bertz CT molecular complexity index is 425. The number of hydrogen-bond acceptors (Lipinski definition) is 2. The molecule has 0 atom stereocenters. The topological polar surface area (TPSA) is 46.5 Å². The fourth-order valence-corrected chi connectivity index (χ4v) is 2.88. The molecule has 0 unspecified atom stereocenters. The summed E-state index contributed by atoms with van der Waals surface area (Å²) in [6, 6.07) is 4.85. The van der Waals surface area contributed by atoms with Gasteiger partial charge in [-0.05, 0) is 46.5 Å². The van der Waals surface area contributed by atoms with Crippen molar-refractivity contribution in [1.82, 2.24) is 0 Å². The zero-order valence-corrected chi connectivity index (χ0v) is 11.8. The minimum absolute atomic E-state index is 0.269. The Labute approximate surface area is 115 Å². The van der Waals surface area contributed by atoms with Crippen LogP contribution >= 0.6 is 15.9 Å². The molecule has 1 fully saturated rings. The lowest BCUT2D eigenvalue weighted by molar-refractivity contribution is 0.0697. The molecule has 0 heterocycles. The van der Waals surface area contributed by atoms with Gasteiger partial charge in [0.2, 0.25) is 0 Å². The maximum Gasteiger partial charge on any atom is 0.335 e. The van der Waals surface area contributed by atoms with Gasteiger partial charge in [-0.25, -0.2) is 4.79 Å². The van der Waals surface area contributed by atoms with Crippen LogP contribution in [0.2, 0.25) is 0 Å². The summed E-state index contributed by atoms with van der Waals surface area (Å²) >= 11 is 3.34. The zero-order chi connectivity index (χ0) is 13.0. The van der Waals surface area contributed by atoms with Gasteiger partial charge in [-0.2, -0.15) is 0 Å². The molecule has 1 aromatic rings. The Morgan fingerprint density at radius 1 is 1.39 bits per heavy atom. The van der Waals surface area contributed by atoms with Crippen LogP contribution in [0.4, 0.5) is 0 Å². The third-order valence-corrected chi connectivity index (χ3v) is 4.06. The second kappa shape index (κ2) is 6.23. The van der Waals surface area contributed by atoms with E-state index < -0.39 is 5.97 Å². The van der Waals surface area contributed by atoms with E-state index in [0.717, 1.165) is 18.1 Å². The maximum absolute atomic E-state index is 10.8. The Morgan fingerprint density at radius 3 is 2.72 bits per heavy atom. The summed E-state index contributed by atoms with van der Waals surface area (Å²) in [5.41, 5.74) is 0.269. The molecular formula is C14H17BrO3. The van der Waals surface area contributed by atoms with Gasteiger partial charge in [0.15, 0.2) is 0 Å². The molecule has 1 N–H and O–H groups in total. The summed E-state index contributed by atoms with van der Waals surface area (Å²) in [5.74, 6) is 0.605. The van der Waals surface area contributed by atoms with Crippen molar-refractivity contribution < 1.29 is 14.6 Å². The van der Waals surface area contributed by atoms with Crippen molar-refractivity contribution in [2.24, 2.45) is 5.92 Å². The van der Waals surface area contributed by atoms with Crippen LogP contribution in [0.3, 0.4) is 0 Å². The molecule has 1 saturated carbocycles. The maximum atomic E-state index is 10.8. The van der Waals surface area contributed by atoms with Gasteiger partial charge in [-0.1, -0.05) is 25.7 Å². The van der Waals surface area contributed by atoms with Gasteiger partial charge in [0.25, 0.3) is 0 Å². The Kier molecular flexibility index (Phi) is 4.64. The van der Waals surface area contributed by atoms with Crippen LogP contribution in [0.5, 0.6) is 5.75 Å². The van der Waals surface area contributed by atoms with E-state index in [1.165, 1.54) is 25.7 Å². The highest BCUT2D eigenvalue weighted by molar-refractivity contribution is 9.10. The molecule has 0 bridgehead atoms. The van der Waals surface area contributed by atoms with Crippen molar-refractivity contribution in [3.05, 3.63) is 28.2 Å². The van der Waals surface area contributed by atoms with Gasteiger partial charge in [0.1, 0.15) is 5.75 Å². The molecule has 98 valence electrons. The molecule has 1 aliphatic rings. The smallest absolute Gasteiger partial charge is 0.335 e. The van der Waals surface area contributed by atoms with Crippen LogP contribution < -0.4 is 4.74 Å². The standard InChI is InChI=1S/C14H17BrO3/c15-12-9-11(14(16)17)5-6-13(12)18-8-7-10-3-1-2-4-10/h5-6,9-10H,1-4,7-8H2,(H,16,17).